The highest BCUT2D eigenvalue weighted by Crippen LogP contribution is 2.26. The van der Waals surface area contributed by atoms with Crippen LogP contribution in [0, 0.1) is 11.6 Å². The van der Waals surface area contributed by atoms with Crippen molar-refractivity contribution >= 4 is 22.8 Å². The number of rotatable bonds is 4. The van der Waals surface area contributed by atoms with E-state index in [9.17, 15) is 23.5 Å². The molecule has 1 aromatic carbocycles. The van der Waals surface area contributed by atoms with Crippen LogP contribution in [0.2, 0.25) is 0 Å². The molecule has 0 aliphatic carbocycles. The number of aliphatic hydroxyl groups is 1. The van der Waals surface area contributed by atoms with E-state index in [0.29, 0.717) is 31.0 Å². The van der Waals surface area contributed by atoms with Crippen LogP contribution in [-0.2, 0) is 5.54 Å². The Hall–Kier alpha value is -3.33. The molecular weight excluding hydrogens is 406 g/mol. The quantitative estimate of drug-likeness (QED) is 0.593. The molecule has 1 saturated heterocycles. The average molecular weight is 428 g/mol. The summed E-state index contributed by atoms with van der Waals surface area (Å²) in [5.41, 5.74) is -2.12. The van der Waals surface area contributed by atoms with E-state index >= 15 is 0 Å². The number of hydrogen-bond donors (Lipinski definition) is 3. The fourth-order valence-electron chi connectivity index (χ4n) is 3.90. The molecule has 31 heavy (non-hydrogen) atoms. The van der Waals surface area contributed by atoms with Crippen LogP contribution >= 0.6 is 0 Å². The average Bonchev–Trinajstić information content (AvgIpc) is 3.13. The third kappa shape index (κ3) is 3.88. The summed E-state index contributed by atoms with van der Waals surface area (Å²) in [7, 11) is 0. The van der Waals surface area contributed by atoms with Gasteiger partial charge in [-0.2, -0.15) is 0 Å². The Balaban J connectivity index is 1.64. The largest absolute Gasteiger partial charge is 0.391 e. The van der Waals surface area contributed by atoms with Crippen molar-refractivity contribution < 1.29 is 18.7 Å². The standard InChI is InChI=1S/C22H22F2N4O3/c1-22(2,18-15(23)4-3-5-16(18)24)27-21(31)14-10-25-20-13(19(14)30)6-7-17(26-20)28-9-8-12(29)11-28/h3-7,10,12,29H,8-9,11H2,1-2H3,(H,27,31)(H,25,26,30)/t12-/m1/s1. The van der Waals surface area contributed by atoms with Gasteiger partial charge in [-0.05, 0) is 44.5 Å². The van der Waals surface area contributed by atoms with E-state index in [4.69, 9.17) is 0 Å². The van der Waals surface area contributed by atoms with E-state index in [1.165, 1.54) is 26.1 Å². The molecule has 0 saturated carbocycles. The summed E-state index contributed by atoms with van der Waals surface area (Å²) in [6, 6.07) is 6.69. The number of amides is 1. The summed E-state index contributed by atoms with van der Waals surface area (Å²) in [6.07, 6.45) is 1.47. The third-order valence-corrected chi connectivity index (χ3v) is 5.47. The maximum absolute atomic E-state index is 14.2. The van der Waals surface area contributed by atoms with Crippen LogP contribution in [0.3, 0.4) is 0 Å². The zero-order chi connectivity index (χ0) is 22.3. The van der Waals surface area contributed by atoms with Gasteiger partial charge in [0.1, 0.15) is 28.7 Å². The molecular formula is C22H22F2N4O3. The number of benzene rings is 1. The van der Waals surface area contributed by atoms with E-state index in [1.54, 1.807) is 12.1 Å². The maximum Gasteiger partial charge on any atom is 0.257 e. The van der Waals surface area contributed by atoms with Gasteiger partial charge in [-0.15, -0.1) is 0 Å². The highest BCUT2D eigenvalue weighted by molar-refractivity contribution is 5.97. The highest BCUT2D eigenvalue weighted by Gasteiger charge is 2.31. The van der Waals surface area contributed by atoms with Crippen molar-refractivity contribution in [2.45, 2.75) is 31.9 Å². The van der Waals surface area contributed by atoms with Crippen molar-refractivity contribution in [3.63, 3.8) is 0 Å². The Bertz CT molecular complexity index is 1200. The van der Waals surface area contributed by atoms with Gasteiger partial charge in [-0.3, -0.25) is 9.59 Å². The number of carbonyl (C=O) groups excluding carboxylic acids is 1. The number of aromatic nitrogens is 2. The van der Waals surface area contributed by atoms with Gasteiger partial charge >= 0.3 is 0 Å². The van der Waals surface area contributed by atoms with Crippen molar-refractivity contribution in [3.05, 3.63) is 69.5 Å². The molecule has 0 unspecified atom stereocenters. The lowest BCUT2D eigenvalue weighted by Crippen LogP contribution is -2.43. The van der Waals surface area contributed by atoms with Gasteiger partial charge in [0.25, 0.3) is 5.91 Å². The minimum Gasteiger partial charge on any atom is -0.391 e. The third-order valence-electron chi connectivity index (χ3n) is 5.47. The predicted molar refractivity (Wildman–Crippen MR) is 112 cm³/mol. The van der Waals surface area contributed by atoms with Crippen LogP contribution in [0.5, 0.6) is 0 Å². The van der Waals surface area contributed by atoms with Gasteiger partial charge in [-0.25, -0.2) is 13.8 Å². The lowest BCUT2D eigenvalue weighted by atomic mass is 9.92. The molecule has 2 aromatic heterocycles. The number of aromatic amines is 1. The first-order valence-electron chi connectivity index (χ1n) is 9.90. The first-order valence-corrected chi connectivity index (χ1v) is 9.90. The summed E-state index contributed by atoms with van der Waals surface area (Å²) < 4.78 is 28.4. The van der Waals surface area contributed by atoms with Crippen molar-refractivity contribution in [2.24, 2.45) is 0 Å². The van der Waals surface area contributed by atoms with E-state index in [2.05, 4.69) is 15.3 Å². The van der Waals surface area contributed by atoms with Gasteiger partial charge in [0.15, 0.2) is 0 Å². The molecule has 1 atom stereocenters. The molecule has 0 bridgehead atoms. The lowest BCUT2D eigenvalue weighted by Gasteiger charge is -2.27. The highest BCUT2D eigenvalue weighted by atomic mass is 19.1. The van der Waals surface area contributed by atoms with Crippen molar-refractivity contribution in [1.82, 2.24) is 15.3 Å². The van der Waals surface area contributed by atoms with Crippen molar-refractivity contribution in [2.75, 3.05) is 18.0 Å². The number of fused-ring (bicyclic) bond motifs is 1. The molecule has 162 valence electrons. The molecule has 3 N–H and O–H groups in total. The summed E-state index contributed by atoms with van der Waals surface area (Å²) in [6.45, 7) is 4.04. The number of nitrogens with zero attached hydrogens (tertiary/aromatic N) is 2. The van der Waals surface area contributed by atoms with Crippen LogP contribution < -0.4 is 15.6 Å². The lowest BCUT2D eigenvalue weighted by molar-refractivity contribution is 0.0908. The van der Waals surface area contributed by atoms with Gasteiger partial charge in [0.05, 0.1) is 17.0 Å². The second-order valence-electron chi connectivity index (χ2n) is 8.16. The number of anilines is 1. The first kappa shape index (κ1) is 20.9. The minimum atomic E-state index is -1.40. The molecule has 0 spiro atoms. The number of aliphatic hydroxyl groups excluding tert-OH is 1. The molecule has 7 nitrogen and oxygen atoms in total. The first-order chi connectivity index (χ1) is 14.7. The number of hydrogen-bond acceptors (Lipinski definition) is 5. The predicted octanol–water partition coefficient (Wildman–Crippen LogP) is 2.44. The Labute approximate surface area is 176 Å². The summed E-state index contributed by atoms with van der Waals surface area (Å²) in [5, 5.41) is 12.5. The number of nitrogens with one attached hydrogen (secondary N) is 2. The fourth-order valence-corrected chi connectivity index (χ4v) is 3.90. The Kier molecular flexibility index (Phi) is 5.22. The van der Waals surface area contributed by atoms with Gasteiger partial charge < -0.3 is 20.3 Å². The molecule has 1 fully saturated rings. The Morgan fingerprint density at radius 3 is 2.61 bits per heavy atom. The molecule has 1 amide bonds. The normalized spacial score (nSPS) is 16.7. The van der Waals surface area contributed by atoms with Gasteiger partial charge in [0, 0.05) is 24.8 Å². The molecule has 1 aliphatic rings. The van der Waals surface area contributed by atoms with E-state index < -0.39 is 34.6 Å². The number of carbonyl (C=O) groups is 1. The molecule has 3 heterocycles. The zero-order valence-corrected chi connectivity index (χ0v) is 17.1. The van der Waals surface area contributed by atoms with Gasteiger partial charge in [-0.1, -0.05) is 6.07 Å². The number of halogens is 2. The summed E-state index contributed by atoms with van der Waals surface area (Å²) in [4.78, 5) is 34.9. The zero-order valence-electron chi connectivity index (χ0n) is 17.1. The maximum atomic E-state index is 14.2. The Morgan fingerprint density at radius 2 is 1.97 bits per heavy atom. The number of pyridine rings is 2. The summed E-state index contributed by atoms with van der Waals surface area (Å²) in [5.74, 6) is -1.72. The molecule has 3 aromatic rings. The Morgan fingerprint density at radius 1 is 1.26 bits per heavy atom. The smallest absolute Gasteiger partial charge is 0.257 e. The van der Waals surface area contributed by atoms with Crippen LogP contribution in [0.4, 0.5) is 14.6 Å². The van der Waals surface area contributed by atoms with Crippen LogP contribution in [-0.4, -0.2) is 40.2 Å². The van der Waals surface area contributed by atoms with Gasteiger partial charge in [0.2, 0.25) is 5.43 Å². The second kappa shape index (κ2) is 7.73. The molecule has 4 rings (SSSR count). The SMILES string of the molecule is CC(C)(NC(=O)c1c[nH]c2nc(N3CC[C@@H](O)C3)ccc2c1=O)c1c(F)cccc1F. The van der Waals surface area contributed by atoms with Crippen LogP contribution in [0.25, 0.3) is 11.0 Å². The van der Waals surface area contributed by atoms with Crippen LogP contribution in [0.1, 0.15) is 36.2 Å². The fraction of sp³-hybridized carbons (Fsp3) is 0.318. The van der Waals surface area contributed by atoms with Crippen LogP contribution in [0.15, 0.2) is 41.3 Å². The monoisotopic (exact) mass is 428 g/mol. The molecule has 0 radical (unpaired) electrons. The summed E-state index contributed by atoms with van der Waals surface area (Å²) >= 11 is 0. The number of H-pyrrole nitrogens is 1. The topological polar surface area (TPSA) is 98.3 Å². The molecule has 9 heteroatoms. The second-order valence-corrected chi connectivity index (χ2v) is 8.16. The number of β-amino-alcohol motifs (C(OH)–C–C–N with tert-alkyl or cyclic N) is 1. The van der Waals surface area contributed by atoms with Crippen molar-refractivity contribution in [3.8, 4) is 0 Å². The molecule has 1 aliphatic heterocycles. The minimum absolute atomic E-state index is 0.191. The van der Waals surface area contributed by atoms with E-state index in [0.717, 1.165) is 12.1 Å². The van der Waals surface area contributed by atoms with E-state index in [-0.39, 0.29) is 16.5 Å². The van der Waals surface area contributed by atoms with Crippen molar-refractivity contribution in [1.29, 1.82) is 0 Å². The van der Waals surface area contributed by atoms with E-state index in [1.807, 2.05) is 4.90 Å².